The molecule has 0 spiro atoms. The number of ketones is 1. The summed E-state index contributed by atoms with van der Waals surface area (Å²) in [6.07, 6.45) is 0.779. The Labute approximate surface area is 104 Å². The zero-order valence-electron chi connectivity index (χ0n) is 10.5. The molecule has 0 atom stereocenters. The molecule has 0 amide bonds. The van der Waals surface area contributed by atoms with E-state index >= 15 is 0 Å². The van der Waals surface area contributed by atoms with Crippen LogP contribution in [0.15, 0.2) is 14.2 Å². The highest BCUT2D eigenvalue weighted by atomic mass is 16.5. The van der Waals surface area contributed by atoms with Gasteiger partial charge in [0.25, 0.3) is 5.95 Å². The van der Waals surface area contributed by atoms with Gasteiger partial charge >= 0.3 is 5.63 Å². The summed E-state index contributed by atoms with van der Waals surface area (Å²) in [6, 6.07) is 0. The van der Waals surface area contributed by atoms with Crippen molar-refractivity contribution in [2.24, 2.45) is 4.99 Å². The molecule has 1 heterocycles. The van der Waals surface area contributed by atoms with Crippen LogP contribution in [0.1, 0.15) is 43.1 Å². The quantitative estimate of drug-likeness (QED) is 0.625. The Kier molecular flexibility index (Phi) is 4.25. The highest BCUT2D eigenvalue weighted by molar-refractivity contribution is 6.06. The molecule has 6 heteroatoms. The van der Waals surface area contributed by atoms with E-state index in [9.17, 15) is 19.8 Å². The van der Waals surface area contributed by atoms with Gasteiger partial charge in [0.15, 0.2) is 5.78 Å². The molecule has 0 aliphatic carbocycles. The largest absolute Gasteiger partial charge is 0.506 e. The molecule has 2 N–H and O–H groups in total. The topological polar surface area (TPSA) is 100 Å². The first-order valence-electron chi connectivity index (χ1n) is 5.51. The molecule has 1 rings (SSSR count). The first-order valence-corrected chi connectivity index (χ1v) is 5.51. The molecule has 0 fully saturated rings. The summed E-state index contributed by atoms with van der Waals surface area (Å²) in [5, 5.41) is 19.2. The van der Waals surface area contributed by atoms with Gasteiger partial charge in [-0.05, 0) is 20.3 Å². The summed E-state index contributed by atoms with van der Waals surface area (Å²) in [6.45, 7) is 5.08. The van der Waals surface area contributed by atoms with Gasteiger partial charge in [-0.1, -0.05) is 6.92 Å². The molecule has 0 aliphatic rings. The zero-order valence-corrected chi connectivity index (χ0v) is 10.5. The molecule has 0 saturated carbocycles. The van der Waals surface area contributed by atoms with Crippen LogP contribution in [-0.2, 0) is 0 Å². The van der Waals surface area contributed by atoms with Crippen molar-refractivity contribution < 1.29 is 19.4 Å². The maximum atomic E-state index is 11.6. The van der Waals surface area contributed by atoms with E-state index < -0.39 is 28.7 Å². The first kappa shape index (κ1) is 14.0. The van der Waals surface area contributed by atoms with Gasteiger partial charge in [-0.15, -0.1) is 0 Å². The molecule has 0 aromatic carbocycles. The Morgan fingerprint density at radius 2 is 1.89 bits per heavy atom. The summed E-state index contributed by atoms with van der Waals surface area (Å²) in [4.78, 5) is 26.9. The van der Waals surface area contributed by atoms with Crippen molar-refractivity contribution in [2.75, 3.05) is 6.54 Å². The molecule has 6 nitrogen and oxygen atoms in total. The number of hydrogen-bond acceptors (Lipinski definition) is 6. The van der Waals surface area contributed by atoms with E-state index in [2.05, 4.69) is 9.41 Å². The van der Waals surface area contributed by atoms with Crippen LogP contribution >= 0.6 is 0 Å². The van der Waals surface area contributed by atoms with E-state index in [1.165, 1.54) is 6.92 Å². The second kappa shape index (κ2) is 5.48. The van der Waals surface area contributed by atoms with E-state index in [-0.39, 0.29) is 11.3 Å². The van der Waals surface area contributed by atoms with Gasteiger partial charge in [0, 0.05) is 6.54 Å². The third kappa shape index (κ3) is 2.58. The first-order chi connectivity index (χ1) is 8.40. The monoisotopic (exact) mass is 253 g/mol. The lowest BCUT2D eigenvalue weighted by molar-refractivity contribution is 0.100. The number of nitrogens with zero attached hydrogens (tertiary/aromatic N) is 1. The Bertz CT molecular complexity index is 556. The maximum absolute atomic E-state index is 11.6. The van der Waals surface area contributed by atoms with Gasteiger partial charge in [0.1, 0.15) is 16.9 Å². The number of aliphatic imine (C=N–C) groups is 1. The Hall–Kier alpha value is -2.11. The van der Waals surface area contributed by atoms with Gasteiger partial charge in [0.05, 0.1) is 5.71 Å². The molecule has 1 aromatic rings. The lowest BCUT2D eigenvalue weighted by Crippen LogP contribution is -2.15. The number of Topliss-reactive ketones (excluding diaryl/α,β-unsaturated/α-hetero) is 1. The molecule has 0 saturated heterocycles. The molecule has 0 bridgehead atoms. The van der Waals surface area contributed by atoms with Crippen molar-refractivity contribution in [2.45, 2.75) is 27.2 Å². The van der Waals surface area contributed by atoms with Crippen LogP contribution in [-0.4, -0.2) is 28.3 Å². The average Bonchev–Trinajstić information content (AvgIpc) is 2.24. The van der Waals surface area contributed by atoms with Crippen LogP contribution in [0.3, 0.4) is 0 Å². The number of rotatable bonds is 4. The smallest absolute Gasteiger partial charge is 0.351 e. The van der Waals surface area contributed by atoms with E-state index in [1.807, 2.05) is 6.92 Å². The Morgan fingerprint density at radius 3 is 2.39 bits per heavy atom. The zero-order chi connectivity index (χ0) is 13.9. The minimum Gasteiger partial charge on any atom is -0.506 e. The van der Waals surface area contributed by atoms with Crippen LogP contribution in [0.4, 0.5) is 0 Å². The predicted octanol–water partition coefficient (Wildman–Crippen LogP) is 1.47. The SMILES string of the molecule is CCCN=C(C)c1c(O)c(C(C)=O)c(O)oc1=O. The predicted molar refractivity (Wildman–Crippen MR) is 65.7 cm³/mol. The lowest BCUT2D eigenvalue weighted by atomic mass is 10.1. The highest BCUT2D eigenvalue weighted by Crippen LogP contribution is 2.28. The van der Waals surface area contributed by atoms with Crippen molar-refractivity contribution in [1.82, 2.24) is 0 Å². The number of carbonyl (C=O) groups is 1. The molecule has 1 aromatic heterocycles. The van der Waals surface area contributed by atoms with Crippen LogP contribution in [0.2, 0.25) is 0 Å². The Balaban J connectivity index is 3.50. The van der Waals surface area contributed by atoms with Crippen LogP contribution in [0.25, 0.3) is 0 Å². The number of hydrogen-bond donors (Lipinski definition) is 2. The molecular weight excluding hydrogens is 238 g/mol. The molecular formula is C12H15NO5. The fourth-order valence-corrected chi connectivity index (χ4v) is 1.51. The summed E-state index contributed by atoms with van der Waals surface area (Å²) in [7, 11) is 0. The highest BCUT2D eigenvalue weighted by Gasteiger charge is 2.23. The number of carbonyl (C=O) groups excluding carboxylic acids is 1. The summed E-state index contributed by atoms with van der Waals surface area (Å²) in [5.41, 5.74) is -1.25. The van der Waals surface area contributed by atoms with Gasteiger partial charge in [-0.25, -0.2) is 4.79 Å². The second-order valence-corrected chi connectivity index (χ2v) is 3.82. The standard InChI is InChI=1S/C12H15NO5/c1-4-5-13-6(2)8-10(15)9(7(3)14)12(17)18-11(8)16/h15,17H,4-5H2,1-3H3. The van der Waals surface area contributed by atoms with E-state index in [0.717, 1.165) is 13.3 Å². The average molecular weight is 253 g/mol. The van der Waals surface area contributed by atoms with Crippen molar-refractivity contribution in [3.8, 4) is 11.7 Å². The molecule has 0 radical (unpaired) electrons. The molecule has 98 valence electrons. The fourth-order valence-electron chi connectivity index (χ4n) is 1.51. The molecule has 0 unspecified atom stereocenters. The summed E-state index contributed by atoms with van der Waals surface area (Å²) < 4.78 is 4.52. The molecule has 0 aliphatic heterocycles. The van der Waals surface area contributed by atoms with Gasteiger partial charge < -0.3 is 14.6 Å². The van der Waals surface area contributed by atoms with Gasteiger partial charge in [0.2, 0.25) is 0 Å². The van der Waals surface area contributed by atoms with Gasteiger partial charge in [-0.2, -0.15) is 0 Å². The summed E-state index contributed by atoms with van der Waals surface area (Å²) in [5.74, 6) is -2.07. The van der Waals surface area contributed by atoms with Crippen molar-refractivity contribution in [3.63, 3.8) is 0 Å². The normalized spacial score (nSPS) is 11.6. The number of aromatic hydroxyl groups is 2. The Morgan fingerprint density at radius 1 is 1.28 bits per heavy atom. The minimum absolute atomic E-state index is 0.188. The van der Waals surface area contributed by atoms with Crippen molar-refractivity contribution in [1.29, 1.82) is 0 Å². The van der Waals surface area contributed by atoms with Crippen molar-refractivity contribution >= 4 is 11.5 Å². The molecule has 18 heavy (non-hydrogen) atoms. The second-order valence-electron chi connectivity index (χ2n) is 3.82. The van der Waals surface area contributed by atoms with E-state index in [4.69, 9.17) is 0 Å². The fraction of sp³-hybridized carbons (Fsp3) is 0.417. The third-order valence-corrected chi connectivity index (χ3v) is 2.37. The van der Waals surface area contributed by atoms with E-state index in [1.54, 1.807) is 0 Å². The van der Waals surface area contributed by atoms with Crippen LogP contribution in [0, 0.1) is 0 Å². The van der Waals surface area contributed by atoms with Gasteiger partial charge in [-0.3, -0.25) is 9.79 Å². The lowest BCUT2D eigenvalue weighted by Gasteiger charge is -2.07. The third-order valence-electron chi connectivity index (χ3n) is 2.37. The maximum Gasteiger partial charge on any atom is 0.351 e. The minimum atomic E-state index is -0.924. The van der Waals surface area contributed by atoms with Crippen LogP contribution in [0.5, 0.6) is 11.7 Å². The van der Waals surface area contributed by atoms with Crippen molar-refractivity contribution in [3.05, 3.63) is 21.5 Å². The summed E-state index contributed by atoms with van der Waals surface area (Å²) >= 11 is 0. The van der Waals surface area contributed by atoms with Crippen LogP contribution < -0.4 is 5.63 Å². The van der Waals surface area contributed by atoms with E-state index in [0.29, 0.717) is 6.54 Å².